The van der Waals surface area contributed by atoms with Crippen LogP contribution in [0.3, 0.4) is 0 Å². The van der Waals surface area contributed by atoms with E-state index in [0.29, 0.717) is 16.8 Å². The van der Waals surface area contributed by atoms with Gasteiger partial charge in [0.2, 0.25) is 0 Å². The number of aromatic amines is 1. The summed E-state index contributed by atoms with van der Waals surface area (Å²) < 4.78 is 7.70. The first-order chi connectivity index (χ1) is 19.4. The van der Waals surface area contributed by atoms with Crippen molar-refractivity contribution >= 4 is 16.6 Å². The number of nitrogens with one attached hydrogen (secondary N) is 1. The van der Waals surface area contributed by atoms with Crippen LogP contribution in [-0.2, 0) is 0 Å². The number of para-hydroxylation sites is 1. The Labute approximate surface area is 231 Å². The van der Waals surface area contributed by atoms with Crippen LogP contribution in [0.2, 0.25) is 0 Å². The second kappa shape index (κ2) is 10.4. The van der Waals surface area contributed by atoms with E-state index in [1.807, 2.05) is 50.4 Å². The molecule has 3 aromatic carbocycles. The van der Waals surface area contributed by atoms with E-state index in [9.17, 15) is 15.0 Å². The second-order valence-corrected chi connectivity index (χ2v) is 10.4. The van der Waals surface area contributed by atoms with Crippen LogP contribution in [-0.4, -0.2) is 49.2 Å². The topological polar surface area (TPSA) is 116 Å². The molecular formula is C31H31N5O4. The van der Waals surface area contributed by atoms with Gasteiger partial charge in [0.1, 0.15) is 23.4 Å². The number of aromatic nitrogens is 4. The molecule has 0 amide bonds. The molecule has 3 heterocycles. The molecule has 0 atom stereocenters. The third kappa shape index (κ3) is 4.75. The number of fused-ring (bicyclic) bond motifs is 1. The van der Waals surface area contributed by atoms with Gasteiger partial charge in [-0.3, -0.25) is 4.98 Å². The number of nitrogens with zero attached hydrogens (tertiary/aromatic N) is 4. The molecule has 9 nitrogen and oxygen atoms in total. The number of benzene rings is 3. The minimum absolute atomic E-state index is 0.00199. The van der Waals surface area contributed by atoms with E-state index in [2.05, 4.69) is 32.2 Å². The quantitative estimate of drug-likeness (QED) is 0.267. The van der Waals surface area contributed by atoms with E-state index in [4.69, 9.17) is 4.74 Å². The number of pyridine rings is 1. The molecule has 1 saturated heterocycles. The first-order valence-electron chi connectivity index (χ1n) is 13.5. The lowest BCUT2D eigenvalue weighted by atomic mass is 9.98. The second-order valence-electron chi connectivity index (χ2n) is 10.4. The summed E-state index contributed by atoms with van der Waals surface area (Å²) in [7, 11) is 0. The molecule has 2 aromatic heterocycles. The summed E-state index contributed by atoms with van der Waals surface area (Å²) in [5.41, 5.74) is 3.36. The SMILES string of the molecule is CC(C)c1cc(-c2n[nH]c(=O)n2-c2ccc(OC3CCN(c4ccnc5ccccc45)CC3)cc2)c(O)cc1O. The maximum absolute atomic E-state index is 12.7. The van der Waals surface area contributed by atoms with Gasteiger partial charge >= 0.3 is 5.69 Å². The normalized spacial score (nSPS) is 14.2. The van der Waals surface area contributed by atoms with Crippen LogP contribution in [0.5, 0.6) is 17.2 Å². The number of rotatable bonds is 6. The molecule has 0 aliphatic carbocycles. The van der Waals surface area contributed by atoms with E-state index >= 15 is 0 Å². The summed E-state index contributed by atoms with van der Waals surface area (Å²) in [6.45, 7) is 5.66. The van der Waals surface area contributed by atoms with Crippen molar-refractivity contribution in [2.24, 2.45) is 0 Å². The van der Waals surface area contributed by atoms with Gasteiger partial charge in [0.15, 0.2) is 5.82 Å². The summed E-state index contributed by atoms with van der Waals surface area (Å²) in [5, 5.41) is 28.6. The zero-order valence-corrected chi connectivity index (χ0v) is 22.4. The molecular weight excluding hydrogens is 506 g/mol. The molecule has 0 saturated carbocycles. The monoisotopic (exact) mass is 537 g/mol. The fraction of sp³-hybridized carbons (Fsp3) is 0.258. The van der Waals surface area contributed by atoms with Crippen molar-refractivity contribution in [1.82, 2.24) is 19.7 Å². The number of anilines is 1. The van der Waals surface area contributed by atoms with Crippen molar-refractivity contribution < 1.29 is 14.9 Å². The number of piperidine rings is 1. The van der Waals surface area contributed by atoms with Gasteiger partial charge in [-0.1, -0.05) is 32.0 Å². The Hall–Kier alpha value is -4.79. The standard InChI is InChI=1S/C31H31N5O4/c1-19(2)24-17-25(29(38)18-28(24)37)30-33-34-31(39)36(30)20-7-9-21(10-8-20)40-22-12-15-35(16-13-22)27-11-14-32-26-6-4-3-5-23(26)27/h3-11,14,17-19,22,37-38H,12-13,15-16H2,1-2H3,(H,34,39). The van der Waals surface area contributed by atoms with Crippen LogP contribution >= 0.6 is 0 Å². The Morgan fingerprint density at radius 3 is 2.48 bits per heavy atom. The lowest BCUT2D eigenvalue weighted by Gasteiger charge is -2.34. The molecule has 0 spiro atoms. The van der Waals surface area contributed by atoms with Crippen molar-refractivity contribution in [1.29, 1.82) is 0 Å². The van der Waals surface area contributed by atoms with Crippen LogP contribution < -0.4 is 15.3 Å². The molecule has 0 radical (unpaired) electrons. The van der Waals surface area contributed by atoms with Crippen molar-refractivity contribution in [3.05, 3.63) is 89.0 Å². The third-order valence-electron chi connectivity index (χ3n) is 7.49. The molecule has 40 heavy (non-hydrogen) atoms. The van der Waals surface area contributed by atoms with Crippen molar-refractivity contribution in [3.8, 4) is 34.3 Å². The number of phenolic OH excluding ortho intramolecular Hbond substituents is 2. The van der Waals surface area contributed by atoms with Gasteiger partial charge in [0.05, 0.1) is 16.8 Å². The number of hydrogen-bond donors (Lipinski definition) is 3. The van der Waals surface area contributed by atoms with Crippen LogP contribution in [0, 0.1) is 0 Å². The largest absolute Gasteiger partial charge is 0.508 e. The summed E-state index contributed by atoms with van der Waals surface area (Å²) >= 11 is 0. The molecule has 6 rings (SSSR count). The Morgan fingerprint density at radius 1 is 0.975 bits per heavy atom. The Balaban J connectivity index is 1.17. The maximum Gasteiger partial charge on any atom is 0.348 e. The van der Waals surface area contributed by atoms with Crippen molar-refractivity contribution in [3.63, 3.8) is 0 Å². The number of phenols is 2. The van der Waals surface area contributed by atoms with E-state index < -0.39 is 5.69 Å². The average molecular weight is 538 g/mol. The minimum atomic E-state index is -0.432. The first kappa shape index (κ1) is 25.5. The number of ether oxygens (including phenoxy) is 1. The van der Waals surface area contributed by atoms with E-state index in [1.54, 1.807) is 18.2 Å². The van der Waals surface area contributed by atoms with E-state index in [0.717, 1.165) is 42.6 Å². The van der Waals surface area contributed by atoms with Gasteiger partial charge in [-0.05, 0) is 53.9 Å². The Morgan fingerprint density at radius 2 is 1.73 bits per heavy atom. The number of H-pyrrole nitrogens is 1. The molecule has 3 N–H and O–H groups in total. The molecule has 9 heteroatoms. The molecule has 5 aromatic rings. The molecule has 0 bridgehead atoms. The maximum atomic E-state index is 12.7. The molecule has 1 aliphatic rings. The first-order valence-corrected chi connectivity index (χ1v) is 13.5. The van der Waals surface area contributed by atoms with Gasteiger partial charge in [-0.2, -0.15) is 5.10 Å². The lowest BCUT2D eigenvalue weighted by Crippen LogP contribution is -2.38. The van der Waals surface area contributed by atoms with Gasteiger partial charge in [-0.25, -0.2) is 14.5 Å². The summed E-state index contributed by atoms with van der Waals surface area (Å²) in [4.78, 5) is 19.6. The van der Waals surface area contributed by atoms with Crippen LogP contribution in [0.25, 0.3) is 28.0 Å². The molecule has 0 unspecified atom stereocenters. The fourth-order valence-corrected chi connectivity index (χ4v) is 5.39. The summed E-state index contributed by atoms with van der Waals surface area (Å²) in [5.74, 6) is 0.847. The summed E-state index contributed by atoms with van der Waals surface area (Å²) in [6.07, 6.45) is 3.74. The van der Waals surface area contributed by atoms with Crippen LogP contribution in [0.1, 0.15) is 38.2 Å². The highest BCUT2D eigenvalue weighted by atomic mass is 16.5. The van der Waals surface area contributed by atoms with E-state index in [1.165, 1.54) is 16.3 Å². The fourth-order valence-electron chi connectivity index (χ4n) is 5.39. The van der Waals surface area contributed by atoms with Crippen molar-refractivity contribution in [2.45, 2.75) is 38.7 Å². The smallest absolute Gasteiger partial charge is 0.348 e. The highest BCUT2D eigenvalue weighted by molar-refractivity contribution is 5.91. The number of aromatic hydroxyl groups is 2. The van der Waals surface area contributed by atoms with Gasteiger partial charge < -0.3 is 19.8 Å². The third-order valence-corrected chi connectivity index (χ3v) is 7.49. The Kier molecular flexibility index (Phi) is 6.63. The van der Waals surface area contributed by atoms with Gasteiger partial charge in [0.25, 0.3) is 0 Å². The predicted octanol–water partition coefficient (Wildman–Crippen LogP) is 5.36. The van der Waals surface area contributed by atoms with Crippen LogP contribution in [0.4, 0.5) is 5.69 Å². The lowest BCUT2D eigenvalue weighted by molar-refractivity contribution is 0.171. The van der Waals surface area contributed by atoms with Gasteiger partial charge in [-0.15, -0.1) is 0 Å². The zero-order chi connectivity index (χ0) is 27.8. The molecule has 1 aliphatic heterocycles. The predicted molar refractivity (Wildman–Crippen MR) is 155 cm³/mol. The molecule has 204 valence electrons. The number of hydrogen-bond acceptors (Lipinski definition) is 7. The van der Waals surface area contributed by atoms with Crippen molar-refractivity contribution in [2.75, 3.05) is 18.0 Å². The minimum Gasteiger partial charge on any atom is -0.508 e. The van der Waals surface area contributed by atoms with Gasteiger partial charge in [0, 0.05) is 49.3 Å². The summed E-state index contributed by atoms with van der Waals surface area (Å²) in [6, 6.07) is 20.5. The highest BCUT2D eigenvalue weighted by Crippen LogP contribution is 2.37. The Bertz CT molecular complexity index is 1710. The average Bonchev–Trinajstić information content (AvgIpc) is 3.34. The molecule has 1 fully saturated rings. The van der Waals surface area contributed by atoms with E-state index in [-0.39, 0.29) is 29.3 Å². The zero-order valence-electron chi connectivity index (χ0n) is 22.4. The highest BCUT2D eigenvalue weighted by Gasteiger charge is 2.23. The van der Waals surface area contributed by atoms with Crippen LogP contribution in [0.15, 0.2) is 77.7 Å².